The van der Waals surface area contributed by atoms with Crippen molar-refractivity contribution in [3.63, 3.8) is 0 Å². The summed E-state index contributed by atoms with van der Waals surface area (Å²) < 4.78 is 0. The minimum atomic E-state index is 0.562. The molecule has 2 rings (SSSR count). The molecule has 1 aromatic heterocycles. The van der Waals surface area contributed by atoms with Crippen molar-refractivity contribution in [3.8, 4) is 11.4 Å². The zero-order chi connectivity index (χ0) is 14.5. The summed E-state index contributed by atoms with van der Waals surface area (Å²) in [7, 11) is 0. The van der Waals surface area contributed by atoms with Crippen LogP contribution in [-0.2, 0) is 6.42 Å². The van der Waals surface area contributed by atoms with Gasteiger partial charge in [0.2, 0.25) is 0 Å². The Bertz CT molecular complexity index is 579. The average molecular weight is 310 g/mol. The number of nitrogens with one attached hydrogen (secondary N) is 1. The van der Waals surface area contributed by atoms with Crippen LogP contribution in [0.1, 0.15) is 26.0 Å². The van der Waals surface area contributed by atoms with Gasteiger partial charge in [-0.25, -0.2) is 9.97 Å². The number of rotatable bonds is 5. The number of aryl methyl sites for hydroxylation is 1. The number of nitrogens with zero attached hydrogens (tertiary/aromatic N) is 2. The van der Waals surface area contributed by atoms with E-state index in [1.54, 1.807) is 12.1 Å². The maximum Gasteiger partial charge on any atom is 0.164 e. The first-order chi connectivity index (χ1) is 9.65. The van der Waals surface area contributed by atoms with Gasteiger partial charge in [0.1, 0.15) is 5.82 Å². The first-order valence-corrected chi connectivity index (χ1v) is 7.47. The predicted molar refractivity (Wildman–Crippen MR) is 85.6 cm³/mol. The summed E-state index contributed by atoms with van der Waals surface area (Å²) in [4.78, 5) is 9.05. The lowest BCUT2D eigenvalue weighted by molar-refractivity contribution is 0.951. The van der Waals surface area contributed by atoms with Crippen LogP contribution in [-0.4, -0.2) is 16.5 Å². The van der Waals surface area contributed by atoms with E-state index in [0.717, 1.165) is 30.9 Å². The summed E-state index contributed by atoms with van der Waals surface area (Å²) >= 11 is 12.5. The fraction of sp³-hybridized carbons (Fsp3) is 0.333. The van der Waals surface area contributed by atoms with Crippen LogP contribution >= 0.6 is 23.2 Å². The Labute approximate surface area is 129 Å². The molecule has 0 spiro atoms. The van der Waals surface area contributed by atoms with Crippen molar-refractivity contribution in [1.29, 1.82) is 0 Å². The topological polar surface area (TPSA) is 37.8 Å². The van der Waals surface area contributed by atoms with E-state index in [0.29, 0.717) is 21.4 Å². The Balaban J connectivity index is 2.50. The summed E-state index contributed by atoms with van der Waals surface area (Å²) in [5.41, 5.74) is 1.65. The van der Waals surface area contributed by atoms with Gasteiger partial charge < -0.3 is 5.32 Å². The Hall–Kier alpha value is -1.32. The van der Waals surface area contributed by atoms with E-state index in [1.807, 2.05) is 12.1 Å². The molecule has 106 valence electrons. The largest absolute Gasteiger partial charge is 0.370 e. The molecule has 3 nitrogen and oxygen atoms in total. The molecule has 1 aromatic carbocycles. The molecule has 0 atom stereocenters. The highest BCUT2D eigenvalue weighted by Gasteiger charge is 2.13. The molecule has 0 amide bonds. The second-order valence-corrected chi connectivity index (χ2v) is 5.26. The fourth-order valence-electron chi connectivity index (χ4n) is 1.85. The van der Waals surface area contributed by atoms with E-state index in [9.17, 15) is 0 Å². The van der Waals surface area contributed by atoms with Gasteiger partial charge in [-0.3, -0.25) is 0 Å². The normalized spacial score (nSPS) is 10.6. The monoisotopic (exact) mass is 309 g/mol. The third-order valence-electron chi connectivity index (χ3n) is 2.88. The summed E-state index contributed by atoms with van der Waals surface area (Å²) in [5, 5.41) is 4.41. The molecule has 1 heterocycles. The maximum absolute atomic E-state index is 6.23. The lowest BCUT2D eigenvalue weighted by atomic mass is 10.2. The number of hydrogen-bond acceptors (Lipinski definition) is 3. The first kappa shape index (κ1) is 15.1. The molecule has 0 aliphatic rings. The summed E-state index contributed by atoms with van der Waals surface area (Å²) in [6.07, 6.45) is 1.87. The summed E-state index contributed by atoms with van der Waals surface area (Å²) in [6.45, 7) is 5.04. The maximum atomic E-state index is 6.23. The van der Waals surface area contributed by atoms with Crippen LogP contribution in [0.15, 0.2) is 24.3 Å². The Morgan fingerprint density at radius 3 is 2.40 bits per heavy atom. The average Bonchev–Trinajstić information content (AvgIpc) is 2.44. The van der Waals surface area contributed by atoms with Crippen LogP contribution < -0.4 is 5.32 Å². The van der Waals surface area contributed by atoms with E-state index in [2.05, 4.69) is 29.1 Å². The summed E-state index contributed by atoms with van der Waals surface area (Å²) in [5.74, 6) is 1.38. The van der Waals surface area contributed by atoms with Gasteiger partial charge in [0.15, 0.2) is 5.82 Å². The van der Waals surface area contributed by atoms with Gasteiger partial charge in [-0.05, 0) is 25.0 Å². The molecule has 0 unspecified atom stereocenters. The van der Waals surface area contributed by atoms with Gasteiger partial charge in [0.25, 0.3) is 0 Å². The quantitative estimate of drug-likeness (QED) is 0.859. The first-order valence-electron chi connectivity index (χ1n) is 6.72. The molecule has 0 fully saturated rings. The fourth-order valence-corrected chi connectivity index (χ4v) is 2.41. The van der Waals surface area contributed by atoms with Gasteiger partial charge in [0.05, 0.1) is 15.6 Å². The molecular weight excluding hydrogens is 293 g/mol. The highest BCUT2D eigenvalue weighted by molar-refractivity contribution is 6.38. The van der Waals surface area contributed by atoms with Crippen molar-refractivity contribution in [1.82, 2.24) is 9.97 Å². The van der Waals surface area contributed by atoms with Crippen LogP contribution in [0.2, 0.25) is 10.0 Å². The Morgan fingerprint density at radius 1 is 1.10 bits per heavy atom. The third-order valence-corrected chi connectivity index (χ3v) is 3.51. The minimum Gasteiger partial charge on any atom is -0.370 e. The molecule has 20 heavy (non-hydrogen) atoms. The molecule has 2 aromatic rings. The zero-order valence-electron chi connectivity index (χ0n) is 11.6. The smallest absolute Gasteiger partial charge is 0.164 e. The molecule has 0 aliphatic heterocycles. The number of halogens is 2. The molecule has 0 radical (unpaired) electrons. The third kappa shape index (κ3) is 3.41. The van der Waals surface area contributed by atoms with Crippen LogP contribution in [0, 0.1) is 0 Å². The molecule has 1 N–H and O–H groups in total. The molecule has 0 aliphatic carbocycles. The Kier molecular flexibility index (Phi) is 5.21. The van der Waals surface area contributed by atoms with Gasteiger partial charge >= 0.3 is 0 Å². The summed E-state index contributed by atoms with van der Waals surface area (Å²) in [6, 6.07) is 7.37. The van der Waals surface area contributed by atoms with Crippen molar-refractivity contribution in [2.75, 3.05) is 11.9 Å². The van der Waals surface area contributed by atoms with Crippen molar-refractivity contribution in [3.05, 3.63) is 40.0 Å². The molecule has 0 saturated heterocycles. The second-order valence-electron chi connectivity index (χ2n) is 4.45. The van der Waals surface area contributed by atoms with Crippen LogP contribution in [0.5, 0.6) is 0 Å². The SMILES string of the molecule is CCCNc1cc(CC)nc(-c2c(Cl)cccc2Cl)n1. The van der Waals surface area contributed by atoms with Crippen LogP contribution in [0.25, 0.3) is 11.4 Å². The van der Waals surface area contributed by atoms with E-state index in [-0.39, 0.29) is 0 Å². The lowest BCUT2D eigenvalue weighted by Gasteiger charge is -2.10. The second kappa shape index (κ2) is 6.91. The van der Waals surface area contributed by atoms with Crippen LogP contribution in [0.3, 0.4) is 0 Å². The number of aromatic nitrogens is 2. The standard InChI is InChI=1S/C15H17Cl2N3/c1-3-8-18-13-9-10(4-2)19-15(20-13)14-11(16)6-5-7-12(14)17/h5-7,9H,3-4,8H2,1-2H3,(H,18,19,20). The number of benzene rings is 1. The minimum absolute atomic E-state index is 0.562. The highest BCUT2D eigenvalue weighted by atomic mass is 35.5. The van der Waals surface area contributed by atoms with Crippen molar-refractivity contribution < 1.29 is 0 Å². The van der Waals surface area contributed by atoms with E-state index in [1.165, 1.54) is 0 Å². The van der Waals surface area contributed by atoms with Crippen molar-refractivity contribution >= 4 is 29.0 Å². The molecule has 0 saturated carbocycles. The van der Waals surface area contributed by atoms with E-state index in [4.69, 9.17) is 23.2 Å². The van der Waals surface area contributed by atoms with Gasteiger partial charge in [-0.15, -0.1) is 0 Å². The van der Waals surface area contributed by atoms with Crippen molar-refractivity contribution in [2.24, 2.45) is 0 Å². The zero-order valence-corrected chi connectivity index (χ0v) is 13.1. The van der Waals surface area contributed by atoms with Crippen LogP contribution in [0.4, 0.5) is 5.82 Å². The number of anilines is 1. The van der Waals surface area contributed by atoms with Gasteiger partial charge in [0, 0.05) is 18.3 Å². The van der Waals surface area contributed by atoms with E-state index >= 15 is 0 Å². The Morgan fingerprint density at radius 2 is 1.80 bits per heavy atom. The van der Waals surface area contributed by atoms with Gasteiger partial charge in [-0.1, -0.05) is 43.1 Å². The lowest BCUT2D eigenvalue weighted by Crippen LogP contribution is -2.05. The van der Waals surface area contributed by atoms with Gasteiger partial charge in [-0.2, -0.15) is 0 Å². The van der Waals surface area contributed by atoms with Crippen molar-refractivity contribution in [2.45, 2.75) is 26.7 Å². The molecule has 0 bridgehead atoms. The number of hydrogen-bond donors (Lipinski definition) is 1. The highest BCUT2D eigenvalue weighted by Crippen LogP contribution is 2.33. The molecular formula is C15H17Cl2N3. The molecule has 5 heteroatoms. The van der Waals surface area contributed by atoms with E-state index < -0.39 is 0 Å². The predicted octanol–water partition coefficient (Wildman–Crippen LogP) is 4.83.